The summed E-state index contributed by atoms with van der Waals surface area (Å²) in [5.41, 5.74) is -0.105. The fraction of sp³-hybridized carbons (Fsp3) is 0.952. The predicted molar refractivity (Wildman–Crippen MR) is 94.7 cm³/mol. The zero-order valence-corrected chi connectivity index (χ0v) is 15.7. The van der Waals surface area contributed by atoms with Crippen LogP contribution in [0.5, 0.6) is 0 Å². The van der Waals surface area contributed by atoms with E-state index < -0.39 is 6.10 Å². The first kappa shape index (κ1) is 17.9. The first-order valence-electron chi connectivity index (χ1n) is 10.3. The number of carbonyl (C=O) groups excluding carboxylic acids is 1. The molecular weight excluding hydrogens is 316 g/mol. The Morgan fingerprint density at radius 1 is 1.12 bits per heavy atom. The number of fused-ring (bicyclic) bond motifs is 5. The zero-order valence-electron chi connectivity index (χ0n) is 15.7. The van der Waals surface area contributed by atoms with E-state index in [0.717, 1.165) is 44.9 Å². The average molecular weight is 350 g/mol. The minimum atomic E-state index is -0.698. The molecule has 4 aliphatic rings. The maximum atomic E-state index is 13.4. The number of carbonyl (C=O) groups is 1. The Kier molecular flexibility index (Phi) is 4.33. The summed E-state index contributed by atoms with van der Waals surface area (Å²) in [6.45, 7) is 4.31. The highest BCUT2D eigenvalue weighted by atomic mass is 16.3. The second kappa shape index (κ2) is 6.03. The third-order valence-electron chi connectivity index (χ3n) is 9.05. The molecule has 0 saturated heterocycles. The van der Waals surface area contributed by atoms with Crippen LogP contribution in [0.4, 0.5) is 0 Å². The van der Waals surface area contributed by atoms with Crippen molar-refractivity contribution >= 4 is 5.78 Å². The lowest BCUT2D eigenvalue weighted by molar-refractivity contribution is -0.164. The lowest BCUT2D eigenvalue weighted by Gasteiger charge is -2.60. The SMILES string of the molecule is CC12CC(=O)C3C(CCC4CC(O)CCC43C)C1CCC2C(O)CO. The average Bonchev–Trinajstić information content (AvgIpc) is 2.91. The molecule has 0 aliphatic heterocycles. The van der Waals surface area contributed by atoms with Gasteiger partial charge in [-0.2, -0.15) is 0 Å². The monoisotopic (exact) mass is 350 g/mol. The molecule has 0 amide bonds. The number of hydrogen-bond acceptors (Lipinski definition) is 4. The highest BCUT2D eigenvalue weighted by molar-refractivity contribution is 5.84. The van der Waals surface area contributed by atoms with Crippen molar-refractivity contribution in [3.05, 3.63) is 0 Å². The van der Waals surface area contributed by atoms with Crippen LogP contribution in [0.3, 0.4) is 0 Å². The van der Waals surface area contributed by atoms with Crippen LogP contribution < -0.4 is 0 Å². The fourth-order valence-electron chi connectivity index (χ4n) is 7.85. The lowest BCUT2D eigenvalue weighted by Crippen LogP contribution is -2.58. The highest BCUT2D eigenvalue weighted by Crippen LogP contribution is 2.66. The normalized spacial score (nSPS) is 53.7. The molecule has 3 N–H and O–H groups in total. The van der Waals surface area contributed by atoms with E-state index in [1.165, 1.54) is 0 Å². The molecule has 4 rings (SSSR count). The minimum absolute atomic E-state index is 0.0473. The van der Waals surface area contributed by atoms with Crippen molar-refractivity contribution in [2.24, 2.45) is 40.4 Å². The molecule has 4 aliphatic carbocycles. The molecular formula is C21H34O4. The fourth-order valence-corrected chi connectivity index (χ4v) is 7.85. The molecule has 9 unspecified atom stereocenters. The van der Waals surface area contributed by atoms with Crippen LogP contribution in [0.2, 0.25) is 0 Å². The Hall–Kier alpha value is -0.450. The molecule has 0 aromatic carbocycles. The van der Waals surface area contributed by atoms with Gasteiger partial charge in [-0.1, -0.05) is 13.8 Å². The number of aliphatic hydroxyl groups excluding tert-OH is 3. The predicted octanol–water partition coefficient (Wildman–Crippen LogP) is 2.54. The van der Waals surface area contributed by atoms with E-state index in [4.69, 9.17) is 0 Å². The standard InChI is InChI=1S/C21H34O4/c1-20-8-7-13(23)9-12(20)3-4-14-15-5-6-16(18(25)11-22)21(15,2)10-17(24)19(14)20/h12-16,18-19,22-23,25H,3-11H2,1-2H3. The van der Waals surface area contributed by atoms with Crippen molar-refractivity contribution in [2.75, 3.05) is 6.61 Å². The molecule has 0 radical (unpaired) electrons. The molecule has 25 heavy (non-hydrogen) atoms. The van der Waals surface area contributed by atoms with Crippen LogP contribution in [0, 0.1) is 40.4 Å². The van der Waals surface area contributed by atoms with Gasteiger partial charge in [0.05, 0.1) is 18.8 Å². The Labute approximate surface area is 151 Å². The number of aliphatic hydroxyl groups is 3. The summed E-state index contributed by atoms with van der Waals surface area (Å²) >= 11 is 0. The topological polar surface area (TPSA) is 77.8 Å². The van der Waals surface area contributed by atoms with Gasteiger partial charge in [-0.05, 0) is 79.4 Å². The molecule has 142 valence electrons. The Morgan fingerprint density at radius 3 is 2.60 bits per heavy atom. The van der Waals surface area contributed by atoms with Gasteiger partial charge in [0, 0.05) is 12.3 Å². The quantitative estimate of drug-likeness (QED) is 0.715. The molecule has 4 nitrogen and oxygen atoms in total. The molecule has 4 fully saturated rings. The maximum absolute atomic E-state index is 13.4. The van der Waals surface area contributed by atoms with Crippen LogP contribution in [0.15, 0.2) is 0 Å². The van der Waals surface area contributed by atoms with Crippen molar-refractivity contribution in [1.29, 1.82) is 0 Å². The van der Waals surface area contributed by atoms with Gasteiger partial charge in [-0.3, -0.25) is 4.79 Å². The van der Waals surface area contributed by atoms with Crippen molar-refractivity contribution in [3.63, 3.8) is 0 Å². The van der Waals surface area contributed by atoms with Crippen LogP contribution in [0.1, 0.15) is 65.2 Å². The Morgan fingerprint density at radius 2 is 1.88 bits per heavy atom. The first-order valence-corrected chi connectivity index (χ1v) is 10.3. The third kappa shape index (κ3) is 2.47. The van der Waals surface area contributed by atoms with E-state index in [-0.39, 0.29) is 35.4 Å². The summed E-state index contributed by atoms with van der Waals surface area (Å²) in [5, 5.41) is 29.9. The van der Waals surface area contributed by atoms with Gasteiger partial charge in [0.1, 0.15) is 5.78 Å². The zero-order chi connectivity index (χ0) is 18.0. The molecule has 4 heteroatoms. The van der Waals surface area contributed by atoms with Gasteiger partial charge in [0.15, 0.2) is 0 Å². The van der Waals surface area contributed by atoms with Gasteiger partial charge in [-0.25, -0.2) is 0 Å². The van der Waals surface area contributed by atoms with Gasteiger partial charge in [-0.15, -0.1) is 0 Å². The first-order chi connectivity index (χ1) is 11.8. The Bertz CT molecular complexity index is 548. The van der Waals surface area contributed by atoms with Crippen molar-refractivity contribution < 1.29 is 20.1 Å². The second-order valence-corrected chi connectivity index (χ2v) is 10.0. The van der Waals surface area contributed by atoms with Crippen LogP contribution in [0.25, 0.3) is 0 Å². The minimum Gasteiger partial charge on any atom is -0.394 e. The van der Waals surface area contributed by atoms with Gasteiger partial charge in [0.2, 0.25) is 0 Å². The third-order valence-corrected chi connectivity index (χ3v) is 9.05. The summed E-state index contributed by atoms with van der Waals surface area (Å²) in [6, 6.07) is 0. The molecule has 0 heterocycles. The number of rotatable bonds is 2. The second-order valence-electron chi connectivity index (χ2n) is 10.0. The Balaban J connectivity index is 1.65. The van der Waals surface area contributed by atoms with E-state index in [0.29, 0.717) is 30.0 Å². The molecule has 0 aromatic heterocycles. The van der Waals surface area contributed by atoms with E-state index in [1.807, 2.05) is 0 Å². The summed E-state index contributed by atoms with van der Waals surface area (Å²) in [4.78, 5) is 13.4. The van der Waals surface area contributed by atoms with E-state index >= 15 is 0 Å². The molecule has 0 spiro atoms. The summed E-state index contributed by atoms with van der Waals surface area (Å²) in [7, 11) is 0. The highest BCUT2D eigenvalue weighted by Gasteiger charge is 2.63. The van der Waals surface area contributed by atoms with E-state index in [2.05, 4.69) is 13.8 Å². The molecule has 0 aromatic rings. The largest absolute Gasteiger partial charge is 0.394 e. The van der Waals surface area contributed by atoms with E-state index in [9.17, 15) is 20.1 Å². The maximum Gasteiger partial charge on any atom is 0.137 e. The van der Waals surface area contributed by atoms with E-state index in [1.54, 1.807) is 0 Å². The van der Waals surface area contributed by atoms with Crippen molar-refractivity contribution in [1.82, 2.24) is 0 Å². The smallest absolute Gasteiger partial charge is 0.137 e. The number of Topliss-reactive ketones (excluding diaryl/α,β-unsaturated/α-hetero) is 1. The van der Waals surface area contributed by atoms with Crippen molar-refractivity contribution in [3.8, 4) is 0 Å². The summed E-state index contributed by atoms with van der Waals surface area (Å²) < 4.78 is 0. The number of hydrogen-bond donors (Lipinski definition) is 3. The molecule has 0 bridgehead atoms. The van der Waals surface area contributed by atoms with Crippen LogP contribution in [-0.4, -0.2) is 39.9 Å². The van der Waals surface area contributed by atoms with Gasteiger partial charge in [0.25, 0.3) is 0 Å². The molecule has 9 atom stereocenters. The van der Waals surface area contributed by atoms with Gasteiger partial charge < -0.3 is 15.3 Å². The van der Waals surface area contributed by atoms with Crippen LogP contribution >= 0.6 is 0 Å². The van der Waals surface area contributed by atoms with Crippen LogP contribution in [-0.2, 0) is 4.79 Å². The lowest BCUT2D eigenvalue weighted by atomic mass is 9.44. The summed E-state index contributed by atoms with van der Waals surface area (Å²) in [6.07, 6.45) is 6.56. The van der Waals surface area contributed by atoms with Crippen molar-refractivity contribution in [2.45, 2.75) is 77.4 Å². The molecule has 4 saturated carbocycles. The summed E-state index contributed by atoms with van der Waals surface area (Å²) in [5.74, 6) is 1.98. The van der Waals surface area contributed by atoms with Gasteiger partial charge >= 0.3 is 0 Å². The number of ketones is 1.